The molecule has 0 amide bonds. The predicted octanol–water partition coefficient (Wildman–Crippen LogP) is 0.108. The average molecular weight is 314 g/mol. The quantitative estimate of drug-likeness (QED) is 0.640. The molecule has 1 fully saturated rings. The molecule has 0 radical (unpaired) electrons. The molecule has 8 nitrogen and oxygen atoms in total. The highest BCUT2D eigenvalue weighted by Gasteiger charge is 2.21. The van der Waals surface area contributed by atoms with Crippen molar-refractivity contribution in [3.8, 4) is 0 Å². The van der Waals surface area contributed by atoms with Crippen LogP contribution >= 0.6 is 0 Å². The molecule has 2 aromatic heterocycles. The van der Waals surface area contributed by atoms with Gasteiger partial charge >= 0.3 is 0 Å². The van der Waals surface area contributed by atoms with E-state index in [0.29, 0.717) is 6.54 Å². The first-order chi connectivity index (χ1) is 11.3. The van der Waals surface area contributed by atoms with Crippen LogP contribution in [0.15, 0.2) is 35.7 Å². The molecule has 3 heterocycles. The van der Waals surface area contributed by atoms with E-state index in [4.69, 9.17) is 0 Å². The second-order valence-corrected chi connectivity index (χ2v) is 5.37. The van der Waals surface area contributed by atoms with E-state index < -0.39 is 0 Å². The standard InChI is InChI=1S/C15H22N8/c1-16-14(19-12-13-4-7-20-21(13)2)22-8-10-23(11-9-22)15-17-5-3-6-18-15/h3-7H,8-12H2,1-2H3,(H,16,19). The lowest BCUT2D eigenvalue weighted by molar-refractivity contribution is 0.369. The Morgan fingerprint density at radius 2 is 1.91 bits per heavy atom. The van der Waals surface area contributed by atoms with Crippen LogP contribution in [0, 0.1) is 0 Å². The molecule has 1 saturated heterocycles. The summed E-state index contributed by atoms with van der Waals surface area (Å²) in [5.41, 5.74) is 1.13. The fourth-order valence-electron chi connectivity index (χ4n) is 2.65. The van der Waals surface area contributed by atoms with Crippen molar-refractivity contribution in [3.63, 3.8) is 0 Å². The maximum Gasteiger partial charge on any atom is 0.225 e. The van der Waals surface area contributed by atoms with Crippen molar-refractivity contribution in [2.24, 2.45) is 12.0 Å². The van der Waals surface area contributed by atoms with Crippen LogP contribution < -0.4 is 10.2 Å². The van der Waals surface area contributed by atoms with Gasteiger partial charge in [0.05, 0.1) is 12.2 Å². The van der Waals surface area contributed by atoms with Crippen molar-refractivity contribution < 1.29 is 0 Å². The molecule has 0 saturated carbocycles. The van der Waals surface area contributed by atoms with Gasteiger partial charge in [-0.15, -0.1) is 0 Å². The number of anilines is 1. The average Bonchev–Trinajstić information content (AvgIpc) is 3.02. The van der Waals surface area contributed by atoms with Crippen molar-refractivity contribution in [2.45, 2.75) is 6.54 Å². The second kappa shape index (κ2) is 7.08. The van der Waals surface area contributed by atoms with E-state index in [1.807, 2.05) is 30.9 Å². The van der Waals surface area contributed by atoms with Crippen LogP contribution in [0.3, 0.4) is 0 Å². The number of guanidine groups is 1. The Morgan fingerprint density at radius 3 is 2.52 bits per heavy atom. The zero-order valence-electron chi connectivity index (χ0n) is 13.6. The molecule has 0 spiro atoms. The van der Waals surface area contributed by atoms with Crippen LogP contribution in [0.2, 0.25) is 0 Å². The Bertz CT molecular complexity index is 643. The van der Waals surface area contributed by atoms with Crippen molar-refractivity contribution in [1.29, 1.82) is 0 Å². The molecular formula is C15H22N8. The summed E-state index contributed by atoms with van der Waals surface area (Å²) in [7, 11) is 3.76. The molecule has 0 unspecified atom stereocenters. The Labute approximate surface area is 135 Å². The summed E-state index contributed by atoms with van der Waals surface area (Å²) in [4.78, 5) is 17.5. The number of aromatic nitrogens is 4. The van der Waals surface area contributed by atoms with Crippen molar-refractivity contribution in [1.82, 2.24) is 30.0 Å². The Hall–Kier alpha value is -2.64. The van der Waals surface area contributed by atoms with Crippen LogP contribution in [-0.2, 0) is 13.6 Å². The third-order valence-corrected chi connectivity index (χ3v) is 3.98. The SMILES string of the molecule is CN=C(NCc1ccnn1C)N1CCN(c2ncccn2)CC1. The lowest BCUT2D eigenvalue weighted by Gasteiger charge is -2.36. The minimum atomic E-state index is 0.713. The summed E-state index contributed by atoms with van der Waals surface area (Å²) in [5.74, 6) is 1.71. The van der Waals surface area contributed by atoms with E-state index in [1.165, 1.54) is 0 Å². The first-order valence-corrected chi connectivity index (χ1v) is 7.72. The zero-order chi connectivity index (χ0) is 16.1. The summed E-state index contributed by atoms with van der Waals surface area (Å²) in [6.45, 7) is 4.27. The largest absolute Gasteiger partial charge is 0.351 e. The van der Waals surface area contributed by atoms with Gasteiger partial charge < -0.3 is 15.1 Å². The molecule has 8 heteroatoms. The van der Waals surface area contributed by atoms with E-state index in [9.17, 15) is 0 Å². The summed E-state index contributed by atoms with van der Waals surface area (Å²) in [6, 6.07) is 3.84. The van der Waals surface area contributed by atoms with Crippen molar-refractivity contribution in [2.75, 3.05) is 38.1 Å². The molecule has 2 aromatic rings. The third-order valence-electron chi connectivity index (χ3n) is 3.98. The molecule has 23 heavy (non-hydrogen) atoms. The summed E-state index contributed by atoms with van der Waals surface area (Å²) in [5, 5.41) is 7.58. The number of aliphatic imine (C=N–C) groups is 1. The Balaban J connectivity index is 1.54. The number of nitrogens with zero attached hydrogens (tertiary/aromatic N) is 7. The monoisotopic (exact) mass is 314 g/mol. The molecule has 0 aliphatic carbocycles. The minimum absolute atomic E-state index is 0.713. The molecule has 1 N–H and O–H groups in total. The number of piperazine rings is 1. The van der Waals surface area contributed by atoms with E-state index in [0.717, 1.165) is 43.8 Å². The summed E-state index contributed by atoms with van der Waals surface area (Å²) < 4.78 is 1.87. The predicted molar refractivity (Wildman–Crippen MR) is 89.2 cm³/mol. The van der Waals surface area contributed by atoms with Gasteiger partial charge in [0.25, 0.3) is 0 Å². The Kier molecular flexibility index (Phi) is 4.70. The molecule has 122 valence electrons. The third kappa shape index (κ3) is 3.58. The molecule has 1 aliphatic rings. The van der Waals surface area contributed by atoms with Gasteiger partial charge in [0.15, 0.2) is 5.96 Å². The first kappa shape index (κ1) is 15.3. The van der Waals surface area contributed by atoms with Gasteiger partial charge in [-0.3, -0.25) is 9.67 Å². The number of nitrogens with one attached hydrogen (secondary N) is 1. The summed E-state index contributed by atoms with van der Waals surface area (Å²) in [6.07, 6.45) is 5.37. The lowest BCUT2D eigenvalue weighted by Crippen LogP contribution is -2.52. The fourth-order valence-corrected chi connectivity index (χ4v) is 2.65. The van der Waals surface area contributed by atoms with Crippen molar-refractivity contribution >= 4 is 11.9 Å². The van der Waals surface area contributed by atoms with Gasteiger partial charge in [-0.05, 0) is 12.1 Å². The maximum atomic E-state index is 4.39. The van der Waals surface area contributed by atoms with Gasteiger partial charge in [-0.1, -0.05) is 0 Å². The smallest absolute Gasteiger partial charge is 0.225 e. The number of hydrogen-bond acceptors (Lipinski definition) is 5. The van der Waals surface area contributed by atoms with Gasteiger partial charge in [0.1, 0.15) is 0 Å². The van der Waals surface area contributed by atoms with Crippen molar-refractivity contribution in [3.05, 3.63) is 36.4 Å². The maximum absolute atomic E-state index is 4.39. The number of hydrogen-bond donors (Lipinski definition) is 1. The Morgan fingerprint density at radius 1 is 1.17 bits per heavy atom. The molecule has 0 atom stereocenters. The van der Waals surface area contributed by atoms with Gasteiger partial charge in [0.2, 0.25) is 5.95 Å². The zero-order valence-corrected chi connectivity index (χ0v) is 13.6. The van der Waals surface area contributed by atoms with Crippen LogP contribution in [-0.4, -0.2) is 63.8 Å². The molecule has 0 aromatic carbocycles. The second-order valence-electron chi connectivity index (χ2n) is 5.37. The van der Waals surface area contributed by atoms with E-state index >= 15 is 0 Å². The van der Waals surface area contributed by atoms with E-state index in [2.05, 4.69) is 35.2 Å². The van der Waals surface area contributed by atoms with Gasteiger partial charge in [-0.2, -0.15) is 5.10 Å². The van der Waals surface area contributed by atoms with Crippen LogP contribution in [0.25, 0.3) is 0 Å². The van der Waals surface area contributed by atoms with Crippen LogP contribution in [0.1, 0.15) is 5.69 Å². The van der Waals surface area contributed by atoms with Crippen LogP contribution in [0.4, 0.5) is 5.95 Å². The highest BCUT2D eigenvalue weighted by molar-refractivity contribution is 5.80. The molecule has 3 rings (SSSR count). The number of rotatable bonds is 3. The highest BCUT2D eigenvalue weighted by atomic mass is 15.4. The van der Waals surface area contributed by atoms with Crippen LogP contribution in [0.5, 0.6) is 0 Å². The molecular weight excluding hydrogens is 292 g/mol. The van der Waals surface area contributed by atoms with Gasteiger partial charge in [0, 0.05) is 58.9 Å². The number of aryl methyl sites for hydroxylation is 1. The fraction of sp³-hybridized carbons (Fsp3) is 0.467. The van der Waals surface area contributed by atoms with Gasteiger partial charge in [-0.25, -0.2) is 9.97 Å². The molecule has 0 bridgehead atoms. The highest BCUT2D eigenvalue weighted by Crippen LogP contribution is 2.09. The minimum Gasteiger partial charge on any atom is -0.351 e. The summed E-state index contributed by atoms with van der Waals surface area (Å²) >= 11 is 0. The normalized spacial score (nSPS) is 15.8. The topological polar surface area (TPSA) is 74.5 Å². The molecule has 1 aliphatic heterocycles. The first-order valence-electron chi connectivity index (χ1n) is 7.72. The lowest BCUT2D eigenvalue weighted by atomic mass is 10.3. The van der Waals surface area contributed by atoms with E-state index in [1.54, 1.807) is 18.6 Å². The van der Waals surface area contributed by atoms with E-state index in [-0.39, 0.29) is 0 Å².